The molecule has 4 nitrogen and oxygen atoms in total. The maximum atomic E-state index is 6.15. The van der Waals surface area contributed by atoms with Gasteiger partial charge in [0.05, 0.1) is 0 Å². The number of methoxy groups -OCH3 is 1. The molecule has 0 spiro atoms. The molecule has 0 N–H and O–H groups in total. The topological polar surface area (TPSA) is 39.9 Å². The van der Waals surface area contributed by atoms with Gasteiger partial charge in [0, 0.05) is 36.1 Å². The summed E-state index contributed by atoms with van der Waals surface area (Å²) in [6.07, 6.45) is 2.65. The highest BCUT2D eigenvalue weighted by Gasteiger charge is 2.09. The summed E-state index contributed by atoms with van der Waals surface area (Å²) < 4.78 is 7.05. The van der Waals surface area contributed by atoms with Gasteiger partial charge in [0.25, 0.3) is 0 Å². The standard InChI is InChI=1S/C13H15Cl2N3OS/c1-19-7-3-6-18-9-16-17-13(18)20-8-10-11(14)4-2-5-12(10)15/h2,4-5,9H,3,6-8H2,1H3. The van der Waals surface area contributed by atoms with Crippen molar-refractivity contribution in [2.75, 3.05) is 13.7 Å². The number of aromatic nitrogens is 3. The SMILES string of the molecule is COCCCn1cnnc1SCc1c(Cl)cccc1Cl. The predicted molar refractivity (Wildman–Crippen MR) is 82.5 cm³/mol. The monoisotopic (exact) mass is 331 g/mol. The Morgan fingerprint density at radius 1 is 1.30 bits per heavy atom. The molecule has 20 heavy (non-hydrogen) atoms. The molecule has 0 unspecified atom stereocenters. The molecule has 1 aromatic carbocycles. The highest BCUT2D eigenvalue weighted by atomic mass is 35.5. The predicted octanol–water partition coefficient (Wildman–Crippen LogP) is 3.91. The number of halogens is 2. The minimum Gasteiger partial charge on any atom is -0.385 e. The van der Waals surface area contributed by atoms with Crippen LogP contribution in [-0.2, 0) is 17.0 Å². The second-order valence-electron chi connectivity index (χ2n) is 4.14. The Kier molecular flexibility index (Phi) is 6.16. The quantitative estimate of drug-likeness (QED) is 0.569. The summed E-state index contributed by atoms with van der Waals surface area (Å²) in [4.78, 5) is 0. The molecular formula is C13H15Cl2N3OS. The van der Waals surface area contributed by atoms with Gasteiger partial charge in [0.1, 0.15) is 6.33 Å². The average molecular weight is 332 g/mol. The molecule has 0 atom stereocenters. The molecule has 108 valence electrons. The number of hydrogen-bond donors (Lipinski definition) is 0. The van der Waals surface area contributed by atoms with Crippen molar-refractivity contribution >= 4 is 35.0 Å². The Morgan fingerprint density at radius 3 is 2.75 bits per heavy atom. The third-order valence-electron chi connectivity index (χ3n) is 2.73. The zero-order valence-electron chi connectivity index (χ0n) is 11.1. The summed E-state index contributed by atoms with van der Waals surface area (Å²) in [6.45, 7) is 1.55. The largest absolute Gasteiger partial charge is 0.385 e. The number of thioether (sulfide) groups is 1. The highest BCUT2D eigenvalue weighted by molar-refractivity contribution is 7.98. The van der Waals surface area contributed by atoms with E-state index < -0.39 is 0 Å². The third-order valence-corrected chi connectivity index (χ3v) is 4.45. The van der Waals surface area contributed by atoms with E-state index in [9.17, 15) is 0 Å². The molecule has 0 aliphatic carbocycles. The van der Waals surface area contributed by atoms with Gasteiger partial charge in [-0.15, -0.1) is 10.2 Å². The minimum atomic E-state index is 0.668. The first-order valence-corrected chi connectivity index (χ1v) is 7.89. The first kappa shape index (κ1) is 15.6. The molecule has 0 fully saturated rings. The van der Waals surface area contributed by atoms with Crippen molar-refractivity contribution in [3.05, 3.63) is 40.1 Å². The molecule has 1 heterocycles. The number of nitrogens with zero attached hydrogens (tertiary/aromatic N) is 3. The van der Waals surface area contributed by atoms with Crippen LogP contribution in [0.5, 0.6) is 0 Å². The lowest BCUT2D eigenvalue weighted by Crippen LogP contribution is -2.02. The summed E-state index contributed by atoms with van der Waals surface area (Å²) in [5.41, 5.74) is 0.923. The molecule has 2 aromatic rings. The average Bonchev–Trinajstić information content (AvgIpc) is 2.86. The summed E-state index contributed by atoms with van der Waals surface area (Å²) >= 11 is 13.9. The van der Waals surface area contributed by atoms with Crippen LogP contribution in [0.4, 0.5) is 0 Å². The highest BCUT2D eigenvalue weighted by Crippen LogP contribution is 2.30. The molecule has 0 bridgehead atoms. The molecule has 1 aromatic heterocycles. The zero-order chi connectivity index (χ0) is 14.4. The Hall–Kier alpha value is -0.750. The summed E-state index contributed by atoms with van der Waals surface area (Å²) in [7, 11) is 1.70. The number of rotatable bonds is 7. The van der Waals surface area contributed by atoms with Gasteiger partial charge >= 0.3 is 0 Å². The van der Waals surface area contributed by atoms with Crippen LogP contribution in [-0.4, -0.2) is 28.5 Å². The van der Waals surface area contributed by atoms with Gasteiger partial charge in [-0.2, -0.15) is 0 Å². The minimum absolute atomic E-state index is 0.668. The van der Waals surface area contributed by atoms with Gasteiger partial charge in [-0.05, 0) is 24.1 Å². The maximum absolute atomic E-state index is 6.15. The van der Waals surface area contributed by atoms with Crippen LogP contribution in [0, 0.1) is 0 Å². The van der Waals surface area contributed by atoms with E-state index in [2.05, 4.69) is 10.2 Å². The lowest BCUT2D eigenvalue weighted by Gasteiger charge is -2.08. The number of ether oxygens (including phenoxy) is 1. The summed E-state index contributed by atoms with van der Waals surface area (Å²) in [5, 5.41) is 10.3. The summed E-state index contributed by atoms with van der Waals surface area (Å²) in [6, 6.07) is 5.52. The lowest BCUT2D eigenvalue weighted by atomic mass is 10.2. The first-order chi connectivity index (χ1) is 9.72. The van der Waals surface area contributed by atoms with Crippen molar-refractivity contribution < 1.29 is 4.74 Å². The van der Waals surface area contributed by atoms with Crippen LogP contribution in [0.3, 0.4) is 0 Å². The van der Waals surface area contributed by atoms with E-state index in [1.807, 2.05) is 22.8 Å². The Balaban J connectivity index is 1.99. The number of benzene rings is 1. The molecule has 0 amide bonds. The zero-order valence-corrected chi connectivity index (χ0v) is 13.4. The van der Waals surface area contributed by atoms with E-state index in [0.717, 1.165) is 30.3 Å². The van der Waals surface area contributed by atoms with Crippen molar-refractivity contribution in [2.45, 2.75) is 23.9 Å². The molecule has 7 heteroatoms. The smallest absolute Gasteiger partial charge is 0.191 e. The fraction of sp³-hybridized carbons (Fsp3) is 0.385. The fourth-order valence-electron chi connectivity index (χ4n) is 1.70. The van der Waals surface area contributed by atoms with Crippen molar-refractivity contribution in [3.8, 4) is 0 Å². The normalized spacial score (nSPS) is 10.9. The van der Waals surface area contributed by atoms with Crippen LogP contribution in [0.25, 0.3) is 0 Å². The Labute approximate surface area is 132 Å². The third kappa shape index (κ3) is 4.12. The van der Waals surface area contributed by atoms with Crippen molar-refractivity contribution in [1.29, 1.82) is 0 Å². The Bertz CT molecular complexity index is 542. The molecule has 2 rings (SSSR count). The van der Waals surface area contributed by atoms with Gasteiger partial charge < -0.3 is 9.30 Å². The van der Waals surface area contributed by atoms with Crippen LogP contribution in [0.15, 0.2) is 29.7 Å². The second-order valence-corrected chi connectivity index (χ2v) is 5.90. The van der Waals surface area contributed by atoms with Crippen LogP contribution in [0.2, 0.25) is 10.0 Å². The molecular weight excluding hydrogens is 317 g/mol. The van der Waals surface area contributed by atoms with Crippen molar-refractivity contribution in [2.24, 2.45) is 0 Å². The first-order valence-electron chi connectivity index (χ1n) is 6.15. The number of hydrogen-bond acceptors (Lipinski definition) is 4. The molecule has 0 saturated heterocycles. The second kappa shape index (κ2) is 7.88. The van der Waals surface area contributed by atoms with Gasteiger partial charge in [-0.1, -0.05) is 41.0 Å². The number of aryl methyl sites for hydroxylation is 1. The van der Waals surface area contributed by atoms with E-state index in [1.165, 1.54) is 0 Å². The van der Waals surface area contributed by atoms with E-state index in [1.54, 1.807) is 25.2 Å². The van der Waals surface area contributed by atoms with E-state index in [4.69, 9.17) is 27.9 Å². The van der Waals surface area contributed by atoms with E-state index in [0.29, 0.717) is 15.8 Å². The summed E-state index contributed by atoms with van der Waals surface area (Å²) in [5.74, 6) is 0.668. The van der Waals surface area contributed by atoms with Crippen molar-refractivity contribution in [1.82, 2.24) is 14.8 Å². The van der Waals surface area contributed by atoms with Gasteiger partial charge in [0.15, 0.2) is 5.16 Å². The maximum Gasteiger partial charge on any atom is 0.191 e. The lowest BCUT2D eigenvalue weighted by molar-refractivity contribution is 0.189. The van der Waals surface area contributed by atoms with E-state index in [-0.39, 0.29) is 0 Å². The van der Waals surface area contributed by atoms with Gasteiger partial charge in [0.2, 0.25) is 0 Å². The van der Waals surface area contributed by atoms with Crippen LogP contribution < -0.4 is 0 Å². The van der Waals surface area contributed by atoms with Crippen molar-refractivity contribution in [3.63, 3.8) is 0 Å². The molecule has 0 radical (unpaired) electrons. The van der Waals surface area contributed by atoms with E-state index >= 15 is 0 Å². The molecule has 0 aliphatic heterocycles. The van der Waals surface area contributed by atoms with Crippen LogP contribution >= 0.6 is 35.0 Å². The van der Waals surface area contributed by atoms with Crippen LogP contribution in [0.1, 0.15) is 12.0 Å². The van der Waals surface area contributed by atoms with Gasteiger partial charge in [-0.25, -0.2) is 0 Å². The Morgan fingerprint density at radius 2 is 2.05 bits per heavy atom. The molecule has 0 aliphatic rings. The molecule has 0 saturated carbocycles. The fourth-order valence-corrected chi connectivity index (χ4v) is 3.38. The van der Waals surface area contributed by atoms with Gasteiger partial charge in [-0.3, -0.25) is 0 Å².